The maximum atomic E-state index is 12.4. The van der Waals surface area contributed by atoms with Crippen molar-refractivity contribution in [3.8, 4) is 5.75 Å². The van der Waals surface area contributed by atoms with Gasteiger partial charge in [0.1, 0.15) is 16.3 Å². The second-order valence-electron chi connectivity index (χ2n) is 2.70. The highest BCUT2D eigenvalue weighted by Gasteiger charge is 2.37. The summed E-state index contributed by atoms with van der Waals surface area (Å²) in [5.74, 6) is -0.848. The Hall–Kier alpha value is -1.11. The van der Waals surface area contributed by atoms with Crippen molar-refractivity contribution in [3.05, 3.63) is 22.5 Å². The topological polar surface area (TPSA) is 22.1 Å². The molecule has 0 fully saturated rings. The Labute approximate surface area is 92.0 Å². The number of nitrogens with zero attached hydrogens (tertiary/aromatic N) is 1. The van der Waals surface area contributed by atoms with Crippen LogP contribution in [-0.2, 0) is 6.18 Å². The standard InChI is InChI=1S/C8H5ClF5NO/c1-16-6-3(8(12,13)14)2-15-5(4(6)9)7(10)11/h2,7H,1H3. The summed E-state index contributed by atoms with van der Waals surface area (Å²) in [4.78, 5) is 2.97. The van der Waals surface area contributed by atoms with Crippen LogP contribution in [0, 0.1) is 0 Å². The Morgan fingerprint density at radius 3 is 2.31 bits per heavy atom. The fourth-order valence-corrected chi connectivity index (χ4v) is 1.35. The molecule has 0 atom stereocenters. The summed E-state index contributed by atoms with van der Waals surface area (Å²) in [6.45, 7) is 0. The van der Waals surface area contributed by atoms with Gasteiger partial charge in [-0.3, -0.25) is 4.98 Å². The van der Waals surface area contributed by atoms with E-state index in [1.807, 2.05) is 0 Å². The van der Waals surface area contributed by atoms with Gasteiger partial charge in [0.05, 0.1) is 7.11 Å². The Balaban J connectivity index is 3.41. The van der Waals surface area contributed by atoms with E-state index in [0.717, 1.165) is 7.11 Å². The lowest BCUT2D eigenvalue weighted by molar-refractivity contribution is -0.139. The quantitative estimate of drug-likeness (QED) is 0.757. The Morgan fingerprint density at radius 2 is 1.94 bits per heavy atom. The highest BCUT2D eigenvalue weighted by Crippen LogP contribution is 2.42. The molecule has 0 saturated carbocycles. The molecule has 1 rings (SSSR count). The maximum absolute atomic E-state index is 12.4. The first-order chi connectivity index (χ1) is 7.29. The van der Waals surface area contributed by atoms with Crippen molar-refractivity contribution in [2.75, 3.05) is 7.11 Å². The largest absolute Gasteiger partial charge is 0.494 e. The van der Waals surface area contributed by atoms with Gasteiger partial charge in [-0.05, 0) is 0 Å². The van der Waals surface area contributed by atoms with Crippen molar-refractivity contribution < 1.29 is 26.7 Å². The second kappa shape index (κ2) is 4.40. The predicted molar refractivity (Wildman–Crippen MR) is 45.8 cm³/mol. The van der Waals surface area contributed by atoms with Gasteiger partial charge in [-0.15, -0.1) is 0 Å². The molecule has 0 aromatic carbocycles. The summed E-state index contributed by atoms with van der Waals surface area (Å²) < 4.78 is 66.1. The molecule has 90 valence electrons. The molecule has 0 spiro atoms. The summed E-state index contributed by atoms with van der Waals surface area (Å²) in [5, 5.41) is -0.827. The fraction of sp³-hybridized carbons (Fsp3) is 0.375. The maximum Gasteiger partial charge on any atom is 0.421 e. The van der Waals surface area contributed by atoms with Gasteiger partial charge in [-0.25, -0.2) is 8.78 Å². The minimum Gasteiger partial charge on any atom is -0.494 e. The van der Waals surface area contributed by atoms with Crippen LogP contribution in [0.5, 0.6) is 5.75 Å². The Bertz CT molecular complexity index is 393. The number of pyridine rings is 1. The lowest BCUT2D eigenvalue weighted by Gasteiger charge is -2.14. The van der Waals surface area contributed by atoms with Crippen LogP contribution < -0.4 is 4.74 Å². The zero-order valence-corrected chi connectivity index (χ0v) is 8.53. The van der Waals surface area contributed by atoms with Gasteiger partial charge in [-0.1, -0.05) is 11.6 Å². The molecule has 0 unspecified atom stereocenters. The van der Waals surface area contributed by atoms with Gasteiger partial charge in [-0.2, -0.15) is 13.2 Å². The average Bonchev–Trinajstić information content (AvgIpc) is 2.15. The lowest BCUT2D eigenvalue weighted by Crippen LogP contribution is -2.10. The summed E-state index contributed by atoms with van der Waals surface area (Å²) >= 11 is 5.35. The number of alkyl halides is 5. The molecule has 0 saturated heterocycles. The minimum absolute atomic E-state index is 0.270. The van der Waals surface area contributed by atoms with Crippen molar-refractivity contribution in [3.63, 3.8) is 0 Å². The van der Waals surface area contributed by atoms with E-state index in [1.54, 1.807) is 0 Å². The summed E-state index contributed by atoms with van der Waals surface area (Å²) in [6, 6.07) is 0. The van der Waals surface area contributed by atoms with Crippen LogP contribution in [0.25, 0.3) is 0 Å². The number of ether oxygens (including phenoxy) is 1. The number of hydrogen-bond acceptors (Lipinski definition) is 2. The molecule has 1 aromatic rings. The van der Waals surface area contributed by atoms with Crippen molar-refractivity contribution in [1.82, 2.24) is 4.98 Å². The average molecular weight is 262 g/mol. The van der Waals surface area contributed by atoms with E-state index in [9.17, 15) is 22.0 Å². The molecule has 0 bridgehead atoms. The predicted octanol–water partition coefficient (Wildman–Crippen LogP) is 3.70. The monoisotopic (exact) mass is 261 g/mol. The molecule has 0 radical (unpaired) electrons. The number of methoxy groups -OCH3 is 1. The van der Waals surface area contributed by atoms with Gasteiger partial charge < -0.3 is 4.74 Å². The molecule has 1 heterocycles. The third-order valence-electron chi connectivity index (χ3n) is 1.72. The first-order valence-corrected chi connectivity index (χ1v) is 4.24. The molecular weight excluding hydrogens is 257 g/mol. The molecule has 0 amide bonds. The number of rotatable bonds is 2. The SMILES string of the molecule is COc1c(C(F)(F)F)cnc(C(F)F)c1Cl. The lowest BCUT2D eigenvalue weighted by atomic mass is 10.2. The van der Waals surface area contributed by atoms with Gasteiger partial charge in [0, 0.05) is 6.20 Å². The first kappa shape index (κ1) is 13.0. The van der Waals surface area contributed by atoms with E-state index in [0.29, 0.717) is 0 Å². The zero-order valence-electron chi connectivity index (χ0n) is 7.78. The van der Waals surface area contributed by atoms with E-state index < -0.39 is 34.6 Å². The van der Waals surface area contributed by atoms with Crippen LogP contribution in [-0.4, -0.2) is 12.1 Å². The third-order valence-corrected chi connectivity index (χ3v) is 2.08. The fourth-order valence-electron chi connectivity index (χ4n) is 1.04. The molecule has 0 aliphatic heterocycles. The zero-order chi connectivity index (χ0) is 12.5. The third kappa shape index (κ3) is 2.34. The van der Waals surface area contributed by atoms with Crippen LogP contribution in [0.1, 0.15) is 17.7 Å². The molecule has 0 aliphatic carbocycles. The number of hydrogen-bond donors (Lipinski definition) is 0. The molecule has 0 aliphatic rings. The molecule has 0 N–H and O–H groups in total. The van der Waals surface area contributed by atoms with E-state index in [-0.39, 0.29) is 6.20 Å². The van der Waals surface area contributed by atoms with Crippen LogP contribution in [0.15, 0.2) is 6.20 Å². The molecule has 1 aromatic heterocycles. The van der Waals surface area contributed by atoms with Crippen molar-refractivity contribution in [1.29, 1.82) is 0 Å². The van der Waals surface area contributed by atoms with Gasteiger partial charge in [0.2, 0.25) is 0 Å². The van der Waals surface area contributed by atoms with E-state index in [4.69, 9.17) is 11.6 Å². The van der Waals surface area contributed by atoms with E-state index in [1.165, 1.54) is 0 Å². The molecule has 16 heavy (non-hydrogen) atoms. The van der Waals surface area contributed by atoms with Crippen LogP contribution in [0.4, 0.5) is 22.0 Å². The smallest absolute Gasteiger partial charge is 0.421 e. The Morgan fingerprint density at radius 1 is 1.38 bits per heavy atom. The van der Waals surface area contributed by atoms with Crippen molar-refractivity contribution in [2.24, 2.45) is 0 Å². The summed E-state index contributed by atoms with van der Waals surface area (Å²) in [5.41, 5.74) is -2.23. The van der Waals surface area contributed by atoms with Crippen LogP contribution in [0.3, 0.4) is 0 Å². The van der Waals surface area contributed by atoms with Crippen molar-refractivity contribution >= 4 is 11.6 Å². The minimum atomic E-state index is -4.76. The summed E-state index contributed by atoms with van der Waals surface area (Å²) in [7, 11) is 0.908. The first-order valence-electron chi connectivity index (χ1n) is 3.86. The van der Waals surface area contributed by atoms with E-state index in [2.05, 4.69) is 9.72 Å². The highest BCUT2D eigenvalue weighted by atomic mass is 35.5. The molecular formula is C8H5ClF5NO. The van der Waals surface area contributed by atoms with E-state index >= 15 is 0 Å². The summed E-state index contributed by atoms with van der Waals surface area (Å²) in [6.07, 6.45) is -7.56. The Kier molecular flexibility index (Phi) is 3.57. The van der Waals surface area contributed by atoms with Crippen molar-refractivity contribution in [2.45, 2.75) is 12.6 Å². The molecule has 2 nitrogen and oxygen atoms in total. The number of halogens is 6. The molecule has 8 heteroatoms. The van der Waals surface area contributed by atoms with Crippen LogP contribution >= 0.6 is 11.6 Å². The van der Waals surface area contributed by atoms with Gasteiger partial charge in [0.15, 0.2) is 5.75 Å². The van der Waals surface area contributed by atoms with Crippen LogP contribution in [0.2, 0.25) is 5.02 Å². The normalized spacial score (nSPS) is 12.0. The number of aromatic nitrogens is 1. The van der Waals surface area contributed by atoms with Gasteiger partial charge in [0.25, 0.3) is 6.43 Å². The highest BCUT2D eigenvalue weighted by molar-refractivity contribution is 6.32. The van der Waals surface area contributed by atoms with Gasteiger partial charge >= 0.3 is 6.18 Å². The second-order valence-corrected chi connectivity index (χ2v) is 3.08.